The van der Waals surface area contributed by atoms with Gasteiger partial charge in [-0.25, -0.2) is 13.1 Å². The summed E-state index contributed by atoms with van der Waals surface area (Å²) in [5, 5.41) is 9.96. The third kappa shape index (κ3) is 3.72. The second-order valence-electron chi connectivity index (χ2n) is 5.68. The lowest BCUT2D eigenvalue weighted by Crippen LogP contribution is -2.45. The number of aromatic amines is 1. The zero-order valence-corrected chi connectivity index (χ0v) is 13.7. The van der Waals surface area contributed by atoms with Gasteiger partial charge >= 0.3 is 0 Å². The third-order valence-electron chi connectivity index (χ3n) is 3.70. The molecule has 1 aromatic rings. The Morgan fingerprint density at radius 2 is 2.10 bits per heavy atom. The minimum Gasteiger partial charge on any atom is -0.316 e. The Morgan fingerprint density at radius 3 is 2.60 bits per heavy atom. The number of H-pyrrole nitrogens is 1. The zero-order valence-electron chi connectivity index (χ0n) is 12.1. The van der Waals surface area contributed by atoms with E-state index in [1.165, 1.54) is 0 Å². The lowest BCUT2D eigenvalue weighted by Gasteiger charge is -2.34. The summed E-state index contributed by atoms with van der Waals surface area (Å²) in [5.74, 6) is 0. The summed E-state index contributed by atoms with van der Waals surface area (Å²) in [6.45, 7) is 7.84. The molecular formula is C12H23ClN4O2S. The van der Waals surface area contributed by atoms with Crippen LogP contribution in [0.15, 0.2) is 4.90 Å². The molecule has 1 saturated heterocycles. The fourth-order valence-corrected chi connectivity index (χ4v) is 4.11. The first-order chi connectivity index (χ1) is 8.84. The Hall–Kier alpha value is -0.630. The van der Waals surface area contributed by atoms with Crippen LogP contribution in [0.4, 0.5) is 0 Å². The van der Waals surface area contributed by atoms with E-state index in [-0.39, 0.29) is 22.7 Å². The van der Waals surface area contributed by atoms with Crippen LogP contribution in [0.1, 0.15) is 31.2 Å². The molecule has 0 aromatic carbocycles. The average molecular weight is 323 g/mol. The van der Waals surface area contributed by atoms with Crippen molar-refractivity contribution in [3.63, 3.8) is 0 Å². The molecule has 0 saturated carbocycles. The molecule has 20 heavy (non-hydrogen) atoms. The molecule has 116 valence electrons. The fourth-order valence-electron chi connectivity index (χ4n) is 2.55. The minimum absolute atomic E-state index is 0. The molecule has 1 fully saturated rings. The number of aryl methyl sites for hydroxylation is 2. The fraction of sp³-hybridized carbons (Fsp3) is 0.750. The van der Waals surface area contributed by atoms with Crippen LogP contribution in [0, 0.1) is 19.3 Å². The molecular weight excluding hydrogens is 300 g/mol. The summed E-state index contributed by atoms with van der Waals surface area (Å²) in [6.07, 6.45) is 2.12. The van der Waals surface area contributed by atoms with Crippen LogP contribution in [0.5, 0.6) is 0 Å². The van der Waals surface area contributed by atoms with Crippen LogP contribution in [-0.4, -0.2) is 38.2 Å². The first-order valence-electron chi connectivity index (χ1n) is 6.56. The highest BCUT2D eigenvalue weighted by molar-refractivity contribution is 7.89. The molecule has 0 spiro atoms. The number of nitrogens with zero attached hydrogens (tertiary/aromatic N) is 1. The van der Waals surface area contributed by atoms with E-state index in [0.29, 0.717) is 17.9 Å². The highest BCUT2D eigenvalue weighted by atomic mass is 35.5. The first kappa shape index (κ1) is 17.4. The second kappa shape index (κ2) is 6.43. The Kier molecular flexibility index (Phi) is 5.60. The van der Waals surface area contributed by atoms with Gasteiger partial charge in [-0.3, -0.25) is 5.10 Å². The van der Waals surface area contributed by atoms with Crippen molar-refractivity contribution in [1.29, 1.82) is 0 Å². The van der Waals surface area contributed by atoms with Gasteiger partial charge in [0, 0.05) is 13.1 Å². The highest BCUT2D eigenvalue weighted by Gasteiger charge is 2.30. The van der Waals surface area contributed by atoms with Crippen LogP contribution in [0.3, 0.4) is 0 Å². The standard InChI is InChI=1S/C12H22N4O2S.ClH/c1-9-11(10(2)16-15-9)19(17,18)14-8-12(3)5-4-6-13-7-12;/h13-14H,4-8H2,1-3H3,(H,15,16);1H. The maximum atomic E-state index is 12.3. The van der Waals surface area contributed by atoms with Gasteiger partial charge < -0.3 is 5.32 Å². The van der Waals surface area contributed by atoms with Gasteiger partial charge in [0.05, 0.1) is 11.4 Å². The smallest absolute Gasteiger partial charge is 0.244 e. The quantitative estimate of drug-likeness (QED) is 0.775. The summed E-state index contributed by atoms with van der Waals surface area (Å²) in [7, 11) is -3.49. The summed E-state index contributed by atoms with van der Waals surface area (Å²) in [4.78, 5) is 0.278. The highest BCUT2D eigenvalue weighted by Crippen LogP contribution is 2.25. The number of halogens is 1. The van der Waals surface area contributed by atoms with Crippen molar-refractivity contribution < 1.29 is 8.42 Å². The number of sulfonamides is 1. The topological polar surface area (TPSA) is 86.9 Å². The van der Waals surface area contributed by atoms with E-state index < -0.39 is 10.0 Å². The SMILES string of the molecule is Cc1n[nH]c(C)c1S(=O)(=O)NCC1(C)CCCNC1.Cl. The number of hydrogen-bond acceptors (Lipinski definition) is 4. The molecule has 3 N–H and O–H groups in total. The van der Waals surface area contributed by atoms with Crippen molar-refractivity contribution in [1.82, 2.24) is 20.2 Å². The molecule has 1 aromatic heterocycles. The Bertz CT molecular complexity index is 530. The van der Waals surface area contributed by atoms with E-state index in [9.17, 15) is 8.42 Å². The number of rotatable bonds is 4. The van der Waals surface area contributed by atoms with Gasteiger partial charge in [-0.15, -0.1) is 12.4 Å². The van der Waals surface area contributed by atoms with Crippen LogP contribution in [0.25, 0.3) is 0 Å². The maximum Gasteiger partial charge on any atom is 0.244 e. The van der Waals surface area contributed by atoms with E-state index in [2.05, 4.69) is 27.2 Å². The summed E-state index contributed by atoms with van der Waals surface area (Å²) in [5.41, 5.74) is 1.07. The van der Waals surface area contributed by atoms with Crippen LogP contribution < -0.4 is 10.0 Å². The molecule has 0 amide bonds. The first-order valence-corrected chi connectivity index (χ1v) is 8.04. The normalized spacial score (nSPS) is 23.4. The molecule has 8 heteroatoms. The number of hydrogen-bond donors (Lipinski definition) is 3. The molecule has 0 aliphatic carbocycles. The van der Waals surface area contributed by atoms with Gasteiger partial charge in [0.25, 0.3) is 0 Å². The summed E-state index contributed by atoms with van der Waals surface area (Å²) >= 11 is 0. The molecule has 1 unspecified atom stereocenters. The van der Waals surface area contributed by atoms with Crippen molar-refractivity contribution >= 4 is 22.4 Å². The molecule has 2 heterocycles. The molecule has 1 aliphatic heterocycles. The Balaban J connectivity index is 0.00000200. The molecule has 1 atom stereocenters. The average Bonchev–Trinajstić information content (AvgIpc) is 2.68. The third-order valence-corrected chi connectivity index (χ3v) is 5.37. The minimum atomic E-state index is -3.49. The molecule has 0 bridgehead atoms. The molecule has 1 aliphatic rings. The van der Waals surface area contributed by atoms with Gasteiger partial charge in [-0.1, -0.05) is 6.92 Å². The largest absolute Gasteiger partial charge is 0.316 e. The molecule has 0 radical (unpaired) electrons. The van der Waals surface area contributed by atoms with E-state index in [4.69, 9.17) is 0 Å². The van der Waals surface area contributed by atoms with Crippen molar-refractivity contribution in [2.45, 2.75) is 38.5 Å². The van der Waals surface area contributed by atoms with E-state index in [1.807, 2.05) is 0 Å². The Morgan fingerprint density at radius 1 is 1.40 bits per heavy atom. The lowest BCUT2D eigenvalue weighted by molar-refractivity contribution is 0.238. The molecule has 6 nitrogen and oxygen atoms in total. The van der Waals surface area contributed by atoms with E-state index in [1.54, 1.807) is 13.8 Å². The molecule has 2 rings (SSSR count). The summed E-state index contributed by atoms with van der Waals surface area (Å²) < 4.78 is 27.4. The van der Waals surface area contributed by atoms with Crippen molar-refractivity contribution in [2.24, 2.45) is 5.41 Å². The van der Waals surface area contributed by atoms with Gasteiger partial charge in [0.2, 0.25) is 10.0 Å². The number of piperidine rings is 1. The van der Waals surface area contributed by atoms with Crippen molar-refractivity contribution in [2.75, 3.05) is 19.6 Å². The van der Waals surface area contributed by atoms with Gasteiger partial charge in [-0.2, -0.15) is 5.10 Å². The Labute approximate surface area is 126 Å². The zero-order chi connectivity index (χ0) is 14.1. The van der Waals surface area contributed by atoms with Crippen LogP contribution in [-0.2, 0) is 10.0 Å². The number of nitrogens with one attached hydrogen (secondary N) is 3. The van der Waals surface area contributed by atoms with E-state index in [0.717, 1.165) is 25.9 Å². The van der Waals surface area contributed by atoms with Gasteiger partial charge in [0.15, 0.2) is 0 Å². The number of aromatic nitrogens is 2. The van der Waals surface area contributed by atoms with E-state index >= 15 is 0 Å². The van der Waals surface area contributed by atoms with Crippen molar-refractivity contribution in [3.05, 3.63) is 11.4 Å². The van der Waals surface area contributed by atoms with Crippen LogP contribution >= 0.6 is 12.4 Å². The second-order valence-corrected chi connectivity index (χ2v) is 7.38. The predicted octanol–water partition coefficient (Wildman–Crippen LogP) is 1.12. The monoisotopic (exact) mass is 322 g/mol. The van der Waals surface area contributed by atoms with Crippen LogP contribution in [0.2, 0.25) is 0 Å². The predicted molar refractivity (Wildman–Crippen MR) is 80.7 cm³/mol. The van der Waals surface area contributed by atoms with Crippen molar-refractivity contribution in [3.8, 4) is 0 Å². The maximum absolute atomic E-state index is 12.3. The lowest BCUT2D eigenvalue weighted by atomic mass is 9.83. The van der Waals surface area contributed by atoms with Gasteiger partial charge in [0.1, 0.15) is 4.90 Å². The summed E-state index contributed by atoms with van der Waals surface area (Å²) in [6, 6.07) is 0. The van der Waals surface area contributed by atoms with Gasteiger partial charge in [-0.05, 0) is 38.6 Å².